The summed E-state index contributed by atoms with van der Waals surface area (Å²) in [5.41, 5.74) is 0.552. The minimum Gasteiger partial charge on any atom is -0.395 e. The van der Waals surface area contributed by atoms with Crippen LogP contribution in [0.4, 0.5) is 0 Å². The van der Waals surface area contributed by atoms with E-state index in [1.165, 1.54) is 0 Å². The highest BCUT2D eigenvalue weighted by atomic mass is 32.2. The van der Waals surface area contributed by atoms with E-state index in [2.05, 4.69) is 0 Å². The molecule has 0 atom stereocenters. The van der Waals surface area contributed by atoms with E-state index in [1.807, 2.05) is 18.2 Å². The Kier molecular flexibility index (Phi) is 8.98. The quantitative estimate of drug-likeness (QED) is 0.528. The maximum atomic E-state index is 11.2. The summed E-state index contributed by atoms with van der Waals surface area (Å²) in [6, 6.07) is 10.6. The second kappa shape index (κ2) is 10.4. The number of aryl methyl sites for hydroxylation is 1. The Morgan fingerprint density at radius 1 is 0.880 bits per heavy atom. The topological polar surface area (TPSA) is 118 Å². The van der Waals surface area contributed by atoms with Gasteiger partial charge >= 0.3 is 0 Å². The lowest BCUT2D eigenvalue weighted by atomic mass is 10.1. The molecular formula is C17H25NO6S. The van der Waals surface area contributed by atoms with Gasteiger partial charge in [0.25, 0.3) is 10.1 Å². The first-order chi connectivity index (χ1) is 11.8. The van der Waals surface area contributed by atoms with Gasteiger partial charge in [-0.2, -0.15) is 8.42 Å². The van der Waals surface area contributed by atoms with Crippen molar-refractivity contribution in [1.82, 2.24) is 4.90 Å². The molecule has 0 amide bonds. The first kappa shape index (κ1) is 21.5. The average molecular weight is 371 g/mol. The molecule has 0 heterocycles. The van der Waals surface area contributed by atoms with Crippen LogP contribution >= 0.6 is 0 Å². The van der Waals surface area contributed by atoms with E-state index < -0.39 is 10.1 Å². The number of nitrogens with zero attached hydrogens (tertiary/aromatic N) is 1. The van der Waals surface area contributed by atoms with Crippen LogP contribution in [-0.4, -0.2) is 72.6 Å². The predicted octanol–water partition coefficient (Wildman–Crippen LogP) is 0.660. The van der Waals surface area contributed by atoms with Gasteiger partial charge in [-0.15, -0.1) is 0 Å². The highest BCUT2D eigenvalue weighted by Gasteiger charge is 2.16. The van der Waals surface area contributed by atoms with Crippen molar-refractivity contribution in [2.24, 2.45) is 0 Å². The standard InChI is InChI=1S/C11H10O3S.C6H15NO3/c1-8-6-7-9-4-2-3-5-10(9)11(8)15(12,13)14;8-4-1-7(2-5-9)3-6-10/h2-7H,1H3,(H,12,13,14);8-10H,1-6H2. The molecule has 140 valence electrons. The van der Waals surface area contributed by atoms with Crippen LogP contribution in [0.15, 0.2) is 41.3 Å². The third kappa shape index (κ3) is 6.69. The number of aliphatic hydroxyl groups excluding tert-OH is 3. The summed E-state index contributed by atoms with van der Waals surface area (Å²) in [6.45, 7) is 3.42. The molecule has 0 saturated carbocycles. The third-order valence-electron chi connectivity index (χ3n) is 3.58. The van der Waals surface area contributed by atoms with Crippen LogP contribution in [0, 0.1) is 6.92 Å². The molecule has 2 aromatic carbocycles. The minimum absolute atomic E-state index is 0.000556. The molecule has 0 unspecified atom stereocenters. The van der Waals surface area contributed by atoms with Crippen LogP contribution in [0.1, 0.15) is 5.56 Å². The zero-order valence-corrected chi connectivity index (χ0v) is 15.0. The van der Waals surface area contributed by atoms with E-state index >= 15 is 0 Å². The van der Waals surface area contributed by atoms with E-state index in [9.17, 15) is 8.42 Å². The van der Waals surface area contributed by atoms with Crippen molar-refractivity contribution >= 4 is 20.9 Å². The monoisotopic (exact) mass is 371 g/mol. The molecule has 25 heavy (non-hydrogen) atoms. The second-order valence-electron chi connectivity index (χ2n) is 5.42. The molecule has 7 nitrogen and oxygen atoms in total. The lowest BCUT2D eigenvalue weighted by Gasteiger charge is -2.17. The van der Waals surface area contributed by atoms with Gasteiger partial charge < -0.3 is 15.3 Å². The molecule has 2 rings (SSSR count). The van der Waals surface area contributed by atoms with Gasteiger partial charge in [-0.3, -0.25) is 9.45 Å². The number of aliphatic hydroxyl groups is 3. The maximum absolute atomic E-state index is 11.2. The first-order valence-electron chi connectivity index (χ1n) is 7.86. The molecule has 4 N–H and O–H groups in total. The summed E-state index contributed by atoms with van der Waals surface area (Å²) in [6.07, 6.45) is 0. The summed E-state index contributed by atoms with van der Waals surface area (Å²) < 4.78 is 31.6. The van der Waals surface area contributed by atoms with Crippen molar-refractivity contribution in [3.8, 4) is 0 Å². The van der Waals surface area contributed by atoms with Gasteiger partial charge in [-0.25, -0.2) is 0 Å². The predicted molar refractivity (Wildman–Crippen MR) is 96.2 cm³/mol. The Hall–Kier alpha value is -1.55. The Labute approximate surface area is 147 Å². The fourth-order valence-electron chi connectivity index (χ4n) is 2.45. The van der Waals surface area contributed by atoms with Gasteiger partial charge in [0.2, 0.25) is 0 Å². The molecule has 0 aliphatic carbocycles. The van der Waals surface area contributed by atoms with Crippen molar-refractivity contribution < 1.29 is 28.3 Å². The summed E-state index contributed by atoms with van der Waals surface area (Å²) in [5.74, 6) is 0. The van der Waals surface area contributed by atoms with E-state index in [4.69, 9.17) is 19.9 Å². The number of rotatable bonds is 7. The molecule has 0 saturated heterocycles. The molecular weight excluding hydrogens is 346 g/mol. The highest BCUT2D eigenvalue weighted by Crippen LogP contribution is 2.25. The fraction of sp³-hybridized carbons (Fsp3) is 0.412. The highest BCUT2D eigenvalue weighted by molar-refractivity contribution is 7.86. The lowest BCUT2D eigenvalue weighted by Crippen LogP contribution is -2.32. The maximum Gasteiger partial charge on any atom is 0.295 e. The minimum atomic E-state index is -4.16. The van der Waals surface area contributed by atoms with Crippen molar-refractivity contribution in [1.29, 1.82) is 0 Å². The van der Waals surface area contributed by atoms with Crippen LogP contribution in [0.3, 0.4) is 0 Å². The van der Waals surface area contributed by atoms with E-state index in [0.717, 1.165) is 5.39 Å². The first-order valence-corrected chi connectivity index (χ1v) is 9.30. The summed E-state index contributed by atoms with van der Waals surface area (Å²) in [7, 11) is -4.16. The smallest absolute Gasteiger partial charge is 0.295 e. The molecule has 8 heteroatoms. The zero-order chi connectivity index (χ0) is 18.9. The van der Waals surface area contributed by atoms with E-state index in [1.54, 1.807) is 30.0 Å². The van der Waals surface area contributed by atoms with Crippen molar-refractivity contribution in [3.63, 3.8) is 0 Å². The number of hydrogen-bond donors (Lipinski definition) is 4. The van der Waals surface area contributed by atoms with Crippen LogP contribution in [0.2, 0.25) is 0 Å². The third-order valence-corrected chi connectivity index (χ3v) is 4.64. The van der Waals surface area contributed by atoms with Gasteiger partial charge in [-0.05, 0) is 17.9 Å². The number of benzene rings is 2. The Morgan fingerprint density at radius 3 is 1.88 bits per heavy atom. The summed E-state index contributed by atoms with van der Waals surface area (Å²) in [5, 5.41) is 26.8. The summed E-state index contributed by atoms with van der Waals surface area (Å²) >= 11 is 0. The number of hydrogen-bond acceptors (Lipinski definition) is 6. The molecule has 0 bridgehead atoms. The Bertz CT molecular complexity index is 749. The van der Waals surface area contributed by atoms with Crippen molar-refractivity contribution in [2.45, 2.75) is 11.8 Å². The molecule has 0 spiro atoms. The van der Waals surface area contributed by atoms with Gasteiger partial charge in [0.15, 0.2) is 0 Å². The van der Waals surface area contributed by atoms with Gasteiger partial charge in [-0.1, -0.05) is 36.4 Å². The van der Waals surface area contributed by atoms with E-state index in [-0.39, 0.29) is 24.7 Å². The molecule has 0 aliphatic heterocycles. The van der Waals surface area contributed by atoms with Gasteiger partial charge in [0.1, 0.15) is 4.90 Å². The SMILES string of the molecule is Cc1ccc2ccccc2c1S(=O)(=O)O.OCCN(CCO)CCO. The van der Waals surface area contributed by atoms with Crippen molar-refractivity contribution in [3.05, 3.63) is 42.0 Å². The Morgan fingerprint density at radius 2 is 1.40 bits per heavy atom. The Balaban J connectivity index is 0.000000275. The molecule has 0 aliphatic rings. The normalized spacial score (nSPS) is 11.4. The second-order valence-corrected chi connectivity index (χ2v) is 6.78. The van der Waals surface area contributed by atoms with Gasteiger partial charge in [0, 0.05) is 25.0 Å². The zero-order valence-electron chi connectivity index (χ0n) is 14.2. The average Bonchev–Trinajstić information content (AvgIpc) is 2.55. The molecule has 0 aromatic heterocycles. The summed E-state index contributed by atoms with van der Waals surface area (Å²) in [4.78, 5) is 1.79. The van der Waals surface area contributed by atoms with Crippen LogP contribution in [0.25, 0.3) is 10.8 Å². The fourth-order valence-corrected chi connectivity index (χ4v) is 3.39. The van der Waals surface area contributed by atoms with Crippen LogP contribution in [-0.2, 0) is 10.1 Å². The largest absolute Gasteiger partial charge is 0.395 e. The molecule has 0 radical (unpaired) electrons. The molecule has 0 fully saturated rings. The van der Waals surface area contributed by atoms with Crippen molar-refractivity contribution in [2.75, 3.05) is 39.5 Å². The molecule has 2 aromatic rings. The lowest BCUT2D eigenvalue weighted by molar-refractivity contribution is 0.136. The van der Waals surface area contributed by atoms with E-state index in [0.29, 0.717) is 30.6 Å². The van der Waals surface area contributed by atoms with Crippen LogP contribution in [0.5, 0.6) is 0 Å². The number of fused-ring (bicyclic) bond motifs is 1. The van der Waals surface area contributed by atoms with Crippen LogP contribution < -0.4 is 0 Å². The van der Waals surface area contributed by atoms with Gasteiger partial charge in [0.05, 0.1) is 19.8 Å².